The Balaban J connectivity index is 1.88. The number of para-hydroxylation sites is 1. The summed E-state index contributed by atoms with van der Waals surface area (Å²) in [5.74, 6) is -0.619. The van der Waals surface area contributed by atoms with E-state index in [9.17, 15) is 9.18 Å². The Labute approximate surface area is 141 Å². The lowest BCUT2D eigenvalue weighted by atomic mass is 10.2. The van der Waals surface area contributed by atoms with E-state index < -0.39 is 0 Å². The lowest BCUT2D eigenvalue weighted by molar-refractivity contribution is 0.102. The van der Waals surface area contributed by atoms with Gasteiger partial charge in [-0.1, -0.05) is 34.1 Å². The average Bonchev–Trinajstić information content (AvgIpc) is 2.89. The van der Waals surface area contributed by atoms with Gasteiger partial charge in [0.2, 0.25) is 0 Å². The van der Waals surface area contributed by atoms with Crippen molar-refractivity contribution >= 4 is 27.5 Å². The van der Waals surface area contributed by atoms with Crippen molar-refractivity contribution in [2.45, 2.75) is 6.92 Å². The second-order valence-corrected chi connectivity index (χ2v) is 5.89. The first-order chi connectivity index (χ1) is 11.1. The molecule has 0 spiro atoms. The normalized spacial score (nSPS) is 10.6. The maximum absolute atomic E-state index is 13.9. The van der Waals surface area contributed by atoms with Gasteiger partial charge in [-0.05, 0) is 37.3 Å². The number of benzene rings is 2. The molecule has 6 heteroatoms. The number of nitrogens with zero attached hydrogens (tertiary/aromatic N) is 2. The standard InChI is InChI=1S/C17H13BrFN3O/c1-11-15(21-17(23)12-5-4-6-13(18)9-12)10-20-22(11)16-8-3-2-7-14(16)19/h2-10H,1H3,(H,21,23). The summed E-state index contributed by atoms with van der Waals surface area (Å²) in [7, 11) is 0. The predicted octanol–water partition coefficient (Wildman–Crippen LogP) is 4.33. The highest BCUT2D eigenvalue weighted by Crippen LogP contribution is 2.21. The van der Waals surface area contributed by atoms with Gasteiger partial charge in [0, 0.05) is 10.0 Å². The molecule has 0 bridgehead atoms. The van der Waals surface area contributed by atoms with Gasteiger partial charge in [-0.3, -0.25) is 4.79 Å². The number of rotatable bonds is 3. The molecule has 0 aliphatic carbocycles. The Hall–Kier alpha value is -2.47. The van der Waals surface area contributed by atoms with Crippen molar-refractivity contribution in [1.29, 1.82) is 0 Å². The summed E-state index contributed by atoms with van der Waals surface area (Å²) in [5, 5.41) is 6.96. The molecule has 1 heterocycles. The molecule has 23 heavy (non-hydrogen) atoms. The highest BCUT2D eigenvalue weighted by molar-refractivity contribution is 9.10. The van der Waals surface area contributed by atoms with E-state index in [1.165, 1.54) is 16.9 Å². The highest BCUT2D eigenvalue weighted by Gasteiger charge is 2.14. The molecule has 0 aliphatic rings. The zero-order valence-electron chi connectivity index (χ0n) is 12.3. The van der Waals surface area contributed by atoms with Crippen molar-refractivity contribution in [3.8, 4) is 5.69 Å². The smallest absolute Gasteiger partial charge is 0.255 e. The number of anilines is 1. The van der Waals surface area contributed by atoms with Crippen LogP contribution in [0.25, 0.3) is 5.69 Å². The number of amides is 1. The third kappa shape index (κ3) is 3.17. The van der Waals surface area contributed by atoms with Gasteiger partial charge in [0.05, 0.1) is 17.6 Å². The molecule has 0 fully saturated rings. The topological polar surface area (TPSA) is 46.9 Å². The van der Waals surface area contributed by atoms with Crippen LogP contribution in [-0.2, 0) is 0 Å². The minimum atomic E-state index is -0.372. The Morgan fingerprint density at radius 2 is 2.00 bits per heavy atom. The number of carbonyl (C=O) groups is 1. The molecule has 1 aromatic heterocycles. The maximum atomic E-state index is 13.9. The number of aromatic nitrogens is 2. The second kappa shape index (κ2) is 6.34. The van der Waals surface area contributed by atoms with Gasteiger partial charge < -0.3 is 5.32 Å². The lowest BCUT2D eigenvalue weighted by Crippen LogP contribution is -2.12. The van der Waals surface area contributed by atoms with Crippen molar-refractivity contribution < 1.29 is 9.18 Å². The molecular weight excluding hydrogens is 361 g/mol. The van der Waals surface area contributed by atoms with Crippen molar-refractivity contribution in [2.24, 2.45) is 0 Å². The zero-order valence-corrected chi connectivity index (χ0v) is 13.8. The Bertz CT molecular complexity index is 876. The molecule has 2 aromatic carbocycles. The van der Waals surface area contributed by atoms with Crippen molar-refractivity contribution in [2.75, 3.05) is 5.32 Å². The summed E-state index contributed by atoms with van der Waals surface area (Å²) in [6.07, 6.45) is 1.51. The molecule has 0 radical (unpaired) electrons. The monoisotopic (exact) mass is 373 g/mol. The van der Waals surface area contributed by atoms with Crippen LogP contribution in [0.3, 0.4) is 0 Å². The highest BCUT2D eigenvalue weighted by atomic mass is 79.9. The summed E-state index contributed by atoms with van der Waals surface area (Å²) in [6, 6.07) is 13.4. The maximum Gasteiger partial charge on any atom is 0.255 e. The van der Waals surface area contributed by atoms with Crippen molar-refractivity contribution in [1.82, 2.24) is 9.78 Å². The number of halogens is 2. The van der Waals surface area contributed by atoms with Gasteiger partial charge in [-0.15, -0.1) is 0 Å². The van der Waals surface area contributed by atoms with Crippen molar-refractivity contribution in [3.63, 3.8) is 0 Å². The fourth-order valence-corrected chi connectivity index (χ4v) is 2.62. The molecule has 0 saturated carbocycles. The number of nitrogens with one attached hydrogen (secondary N) is 1. The van der Waals surface area contributed by atoms with Gasteiger partial charge in [0.25, 0.3) is 5.91 Å². The third-order valence-corrected chi connectivity index (χ3v) is 3.92. The molecule has 0 aliphatic heterocycles. The van der Waals surface area contributed by atoms with E-state index in [4.69, 9.17) is 0 Å². The summed E-state index contributed by atoms with van der Waals surface area (Å²) in [4.78, 5) is 12.3. The number of hydrogen-bond acceptors (Lipinski definition) is 2. The number of carbonyl (C=O) groups excluding carboxylic acids is 1. The van der Waals surface area contributed by atoms with E-state index in [0.717, 1.165) is 4.47 Å². The van der Waals surface area contributed by atoms with Crippen LogP contribution in [0.5, 0.6) is 0 Å². The van der Waals surface area contributed by atoms with Gasteiger partial charge >= 0.3 is 0 Å². The summed E-state index contributed by atoms with van der Waals surface area (Å²) in [6.45, 7) is 1.77. The molecule has 3 rings (SSSR count). The van der Waals surface area contributed by atoms with E-state index in [1.807, 2.05) is 6.07 Å². The fraction of sp³-hybridized carbons (Fsp3) is 0.0588. The van der Waals surface area contributed by atoms with Crippen LogP contribution in [0.1, 0.15) is 16.1 Å². The zero-order chi connectivity index (χ0) is 16.4. The van der Waals surface area contributed by atoms with Gasteiger partial charge in [0.1, 0.15) is 11.5 Å². The van der Waals surface area contributed by atoms with E-state index in [-0.39, 0.29) is 11.7 Å². The lowest BCUT2D eigenvalue weighted by Gasteiger charge is -2.08. The Kier molecular flexibility index (Phi) is 4.25. The molecule has 1 amide bonds. The van der Waals surface area contributed by atoms with Crippen LogP contribution in [0.4, 0.5) is 10.1 Å². The quantitative estimate of drug-likeness (QED) is 0.742. The molecule has 0 atom stereocenters. The molecule has 0 unspecified atom stereocenters. The fourth-order valence-electron chi connectivity index (χ4n) is 2.22. The third-order valence-electron chi connectivity index (χ3n) is 3.43. The van der Waals surface area contributed by atoms with E-state index in [0.29, 0.717) is 22.6 Å². The minimum Gasteiger partial charge on any atom is -0.319 e. The van der Waals surface area contributed by atoms with Crippen LogP contribution in [0.2, 0.25) is 0 Å². The SMILES string of the molecule is Cc1c(NC(=O)c2cccc(Br)c2)cnn1-c1ccccc1F. The van der Waals surface area contributed by atoms with Gasteiger partial charge in [0.15, 0.2) is 0 Å². The predicted molar refractivity (Wildman–Crippen MR) is 90.4 cm³/mol. The van der Waals surface area contributed by atoms with E-state index >= 15 is 0 Å². The largest absolute Gasteiger partial charge is 0.319 e. The molecule has 3 aromatic rings. The van der Waals surface area contributed by atoms with Crippen LogP contribution >= 0.6 is 15.9 Å². The van der Waals surface area contributed by atoms with Crippen LogP contribution < -0.4 is 5.32 Å². The molecule has 116 valence electrons. The Morgan fingerprint density at radius 3 is 2.74 bits per heavy atom. The minimum absolute atomic E-state index is 0.248. The first-order valence-electron chi connectivity index (χ1n) is 6.92. The van der Waals surface area contributed by atoms with E-state index in [2.05, 4.69) is 26.3 Å². The van der Waals surface area contributed by atoms with Gasteiger partial charge in [-0.25, -0.2) is 9.07 Å². The van der Waals surface area contributed by atoms with Crippen LogP contribution in [-0.4, -0.2) is 15.7 Å². The Morgan fingerprint density at radius 1 is 1.22 bits per heavy atom. The molecule has 4 nitrogen and oxygen atoms in total. The summed E-state index contributed by atoms with van der Waals surface area (Å²) >= 11 is 3.33. The average molecular weight is 374 g/mol. The first kappa shape index (κ1) is 15.4. The molecular formula is C17H13BrFN3O. The van der Waals surface area contributed by atoms with Crippen LogP contribution in [0, 0.1) is 12.7 Å². The summed E-state index contributed by atoms with van der Waals surface area (Å²) in [5.41, 5.74) is 2.06. The second-order valence-electron chi connectivity index (χ2n) is 4.97. The number of hydrogen-bond donors (Lipinski definition) is 1. The molecule has 1 N–H and O–H groups in total. The van der Waals surface area contributed by atoms with Gasteiger partial charge in [-0.2, -0.15) is 5.10 Å². The first-order valence-corrected chi connectivity index (χ1v) is 7.72. The summed E-state index contributed by atoms with van der Waals surface area (Å²) < 4.78 is 16.2. The van der Waals surface area contributed by atoms with Crippen LogP contribution in [0.15, 0.2) is 59.2 Å². The van der Waals surface area contributed by atoms with E-state index in [1.54, 1.807) is 43.3 Å². The van der Waals surface area contributed by atoms with Crippen molar-refractivity contribution in [3.05, 3.63) is 76.3 Å². The molecule has 0 saturated heterocycles.